The third kappa shape index (κ3) is 4.22. The van der Waals surface area contributed by atoms with Crippen LogP contribution in [-0.2, 0) is 4.79 Å². The van der Waals surface area contributed by atoms with E-state index in [1.54, 1.807) is 6.07 Å². The van der Waals surface area contributed by atoms with Crippen LogP contribution in [0.1, 0.15) is 38.5 Å². The molecular weight excluding hydrogens is 293 g/mol. The van der Waals surface area contributed by atoms with Crippen molar-refractivity contribution in [2.24, 2.45) is 5.92 Å². The molecule has 0 atom stereocenters. The maximum atomic E-state index is 14.2. The van der Waals surface area contributed by atoms with E-state index in [1.165, 1.54) is 6.07 Å². The van der Waals surface area contributed by atoms with E-state index in [-0.39, 0.29) is 11.7 Å². The molecule has 0 unspecified atom stereocenters. The minimum absolute atomic E-state index is 0.0749. The van der Waals surface area contributed by atoms with Crippen LogP contribution in [0.4, 0.5) is 15.8 Å². The Balaban J connectivity index is 1.60. The summed E-state index contributed by atoms with van der Waals surface area (Å²) < 4.78 is 14.2. The Morgan fingerprint density at radius 2 is 2.00 bits per heavy atom. The van der Waals surface area contributed by atoms with Crippen molar-refractivity contribution in [3.63, 3.8) is 0 Å². The van der Waals surface area contributed by atoms with Crippen LogP contribution in [-0.4, -0.2) is 32.1 Å². The van der Waals surface area contributed by atoms with Crippen LogP contribution in [0.3, 0.4) is 0 Å². The topological polar surface area (TPSA) is 44.4 Å². The molecule has 23 heavy (non-hydrogen) atoms. The molecule has 0 spiro atoms. The minimum Gasteiger partial charge on any atom is -0.370 e. The molecule has 126 valence electrons. The van der Waals surface area contributed by atoms with Crippen LogP contribution in [0.25, 0.3) is 0 Å². The number of rotatable bonds is 5. The van der Waals surface area contributed by atoms with Gasteiger partial charge in [0.25, 0.3) is 0 Å². The highest BCUT2D eigenvalue weighted by Gasteiger charge is 2.20. The van der Waals surface area contributed by atoms with Gasteiger partial charge in [-0.15, -0.1) is 0 Å². The average molecular weight is 319 g/mol. The first-order chi connectivity index (χ1) is 11.2. The van der Waals surface area contributed by atoms with E-state index in [1.807, 2.05) is 6.07 Å². The molecule has 2 aliphatic heterocycles. The number of piperidine rings is 1. The quantitative estimate of drug-likeness (QED) is 0.876. The highest BCUT2D eigenvalue weighted by atomic mass is 19.1. The Morgan fingerprint density at radius 3 is 2.74 bits per heavy atom. The second kappa shape index (κ2) is 7.77. The number of hydrogen-bond acceptors (Lipinski definition) is 3. The van der Waals surface area contributed by atoms with Crippen LogP contribution >= 0.6 is 0 Å². The van der Waals surface area contributed by atoms with Crippen LogP contribution in [0.15, 0.2) is 18.2 Å². The molecule has 1 aromatic rings. The van der Waals surface area contributed by atoms with Gasteiger partial charge in [-0.1, -0.05) is 6.07 Å². The predicted molar refractivity (Wildman–Crippen MR) is 91.3 cm³/mol. The number of carbonyl (C=O) groups excluding carboxylic acids is 1. The number of amides is 1. The summed E-state index contributed by atoms with van der Waals surface area (Å²) in [6, 6.07) is 5.03. The van der Waals surface area contributed by atoms with Gasteiger partial charge < -0.3 is 15.5 Å². The zero-order chi connectivity index (χ0) is 16.1. The Bertz CT molecular complexity index is 537. The number of benzene rings is 1. The molecule has 0 radical (unpaired) electrons. The molecule has 0 bridgehead atoms. The van der Waals surface area contributed by atoms with E-state index in [0.29, 0.717) is 18.0 Å². The van der Waals surface area contributed by atoms with Crippen LogP contribution in [0.5, 0.6) is 0 Å². The van der Waals surface area contributed by atoms with Gasteiger partial charge in [-0.2, -0.15) is 0 Å². The van der Waals surface area contributed by atoms with Crippen molar-refractivity contribution in [2.75, 3.05) is 36.4 Å². The normalized spacial score (nSPS) is 19.1. The van der Waals surface area contributed by atoms with Crippen molar-refractivity contribution in [2.45, 2.75) is 38.5 Å². The molecule has 2 fully saturated rings. The second-order valence-corrected chi connectivity index (χ2v) is 6.61. The lowest BCUT2D eigenvalue weighted by Crippen LogP contribution is -2.28. The van der Waals surface area contributed by atoms with E-state index >= 15 is 0 Å². The summed E-state index contributed by atoms with van der Waals surface area (Å²) in [5, 5.41) is 6.16. The third-order valence-corrected chi connectivity index (χ3v) is 4.94. The number of para-hydroxylation sites is 1. The van der Waals surface area contributed by atoms with Gasteiger partial charge in [0.1, 0.15) is 11.5 Å². The lowest BCUT2D eigenvalue weighted by Gasteiger charge is -2.23. The minimum atomic E-state index is -0.343. The molecule has 0 aliphatic carbocycles. The van der Waals surface area contributed by atoms with Gasteiger partial charge in [0, 0.05) is 19.5 Å². The van der Waals surface area contributed by atoms with E-state index < -0.39 is 0 Å². The van der Waals surface area contributed by atoms with E-state index in [2.05, 4.69) is 15.5 Å². The first-order valence-electron chi connectivity index (χ1n) is 8.78. The van der Waals surface area contributed by atoms with Crippen molar-refractivity contribution in [3.05, 3.63) is 24.0 Å². The average Bonchev–Trinajstić information content (AvgIpc) is 3.10. The van der Waals surface area contributed by atoms with E-state index in [9.17, 15) is 9.18 Å². The largest absolute Gasteiger partial charge is 0.370 e. The maximum Gasteiger partial charge on any atom is 0.224 e. The molecule has 4 nitrogen and oxygen atoms in total. The van der Waals surface area contributed by atoms with Gasteiger partial charge in [0.15, 0.2) is 0 Å². The second-order valence-electron chi connectivity index (χ2n) is 6.61. The third-order valence-electron chi connectivity index (χ3n) is 4.94. The van der Waals surface area contributed by atoms with Gasteiger partial charge >= 0.3 is 0 Å². The molecule has 2 saturated heterocycles. The summed E-state index contributed by atoms with van der Waals surface area (Å²) in [5.74, 6) is 0.194. The Kier molecular flexibility index (Phi) is 5.49. The van der Waals surface area contributed by atoms with Gasteiger partial charge in [0.2, 0.25) is 5.91 Å². The highest BCUT2D eigenvalue weighted by molar-refractivity contribution is 5.94. The molecular formula is C18H26FN3O. The van der Waals surface area contributed by atoms with Crippen molar-refractivity contribution >= 4 is 17.3 Å². The predicted octanol–water partition coefficient (Wildman–Crippen LogP) is 3.14. The fourth-order valence-electron chi connectivity index (χ4n) is 3.57. The van der Waals surface area contributed by atoms with Crippen molar-refractivity contribution in [3.8, 4) is 0 Å². The molecule has 1 aromatic carbocycles. The van der Waals surface area contributed by atoms with Crippen molar-refractivity contribution < 1.29 is 9.18 Å². The monoisotopic (exact) mass is 319 g/mol. The number of carbonyl (C=O) groups is 1. The fraction of sp³-hybridized carbons (Fsp3) is 0.611. The smallest absolute Gasteiger partial charge is 0.224 e. The molecule has 0 saturated carbocycles. The summed E-state index contributed by atoms with van der Waals surface area (Å²) in [6.07, 6.45) is 5.87. The summed E-state index contributed by atoms with van der Waals surface area (Å²) in [7, 11) is 0. The molecule has 0 aromatic heterocycles. The first kappa shape index (κ1) is 16.2. The molecule has 2 N–H and O–H groups in total. The number of nitrogens with one attached hydrogen (secondary N) is 2. The number of halogens is 1. The van der Waals surface area contributed by atoms with E-state index in [0.717, 1.165) is 64.0 Å². The standard InChI is InChI=1S/C18H26FN3O/c19-15-4-3-5-16(22-12-1-2-13-22)18(15)21-17(23)7-6-14-8-10-20-11-9-14/h3-5,14,20H,1-2,6-13H2,(H,21,23). The summed E-state index contributed by atoms with van der Waals surface area (Å²) in [4.78, 5) is 14.4. The lowest BCUT2D eigenvalue weighted by molar-refractivity contribution is -0.116. The maximum absolute atomic E-state index is 14.2. The summed E-state index contributed by atoms with van der Waals surface area (Å²) in [6.45, 7) is 3.94. The molecule has 2 heterocycles. The fourth-order valence-corrected chi connectivity index (χ4v) is 3.57. The Hall–Kier alpha value is -1.62. The van der Waals surface area contributed by atoms with Gasteiger partial charge in [-0.25, -0.2) is 4.39 Å². The van der Waals surface area contributed by atoms with Crippen LogP contribution < -0.4 is 15.5 Å². The first-order valence-corrected chi connectivity index (χ1v) is 8.78. The van der Waals surface area contributed by atoms with Gasteiger partial charge in [0.05, 0.1) is 5.69 Å². The highest BCUT2D eigenvalue weighted by Crippen LogP contribution is 2.31. The Labute approximate surface area is 137 Å². The lowest BCUT2D eigenvalue weighted by atomic mass is 9.93. The molecule has 2 aliphatic rings. The number of anilines is 2. The molecule has 3 rings (SSSR count). The zero-order valence-electron chi connectivity index (χ0n) is 13.6. The van der Waals surface area contributed by atoms with Gasteiger partial charge in [-0.05, 0) is 63.2 Å². The number of nitrogens with zero attached hydrogens (tertiary/aromatic N) is 1. The molecule has 1 amide bonds. The van der Waals surface area contributed by atoms with Crippen LogP contribution in [0, 0.1) is 11.7 Å². The number of hydrogen-bond donors (Lipinski definition) is 2. The summed E-state index contributed by atoms with van der Waals surface area (Å²) in [5.41, 5.74) is 1.17. The van der Waals surface area contributed by atoms with Crippen LogP contribution in [0.2, 0.25) is 0 Å². The Morgan fingerprint density at radius 1 is 1.26 bits per heavy atom. The van der Waals surface area contributed by atoms with Gasteiger partial charge in [-0.3, -0.25) is 4.79 Å². The zero-order valence-corrected chi connectivity index (χ0v) is 13.6. The summed E-state index contributed by atoms with van der Waals surface area (Å²) >= 11 is 0. The van der Waals surface area contributed by atoms with E-state index in [4.69, 9.17) is 0 Å². The SMILES string of the molecule is O=C(CCC1CCNCC1)Nc1c(F)cccc1N1CCCC1. The van der Waals surface area contributed by atoms with Crippen molar-refractivity contribution in [1.29, 1.82) is 0 Å². The van der Waals surface area contributed by atoms with Crippen molar-refractivity contribution in [1.82, 2.24) is 5.32 Å². The molecule has 5 heteroatoms.